The van der Waals surface area contributed by atoms with Crippen LogP contribution in [0.2, 0.25) is 0 Å². The minimum absolute atomic E-state index is 0.0580. The Bertz CT molecular complexity index is 662. The molecular formula is C16H20N4O3S. The van der Waals surface area contributed by atoms with Crippen molar-refractivity contribution in [1.29, 1.82) is 0 Å². The van der Waals surface area contributed by atoms with Crippen LogP contribution in [0.1, 0.15) is 28.3 Å². The van der Waals surface area contributed by atoms with E-state index in [2.05, 4.69) is 44.9 Å². The molecule has 2 N–H and O–H groups in total. The first-order valence-electron chi connectivity index (χ1n) is 7.83. The number of morpholine rings is 1. The van der Waals surface area contributed by atoms with E-state index in [9.17, 15) is 4.79 Å². The summed E-state index contributed by atoms with van der Waals surface area (Å²) >= 11 is 1.73. The van der Waals surface area contributed by atoms with E-state index in [0.717, 1.165) is 19.7 Å². The molecule has 128 valence electrons. The van der Waals surface area contributed by atoms with E-state index in [-0.39, 0.29) is 17.8 Å². The molecule has 0 aromatic carbocycles. The van der Waals surface area contributed by atoms with Crippen LogP contribution in [0.3, 0.4) is 0 Å². The van der Waals surface area contributed by atoms with E-state index in [4.69, 9.17) is 9.84 Å². The maximum absolute atomic E-state index is 10.8. The summed E-state index contributed by atoms with van der Waals surface area (Å²) in [6, 6.07) is 7.50. The zero-order valence-corrected chi connectivity index (χ0v) is 14.2. The highest BCUT2D eigenvalue weighted by atomic mass is 32.1. The Morgan fingerprint density at radius 3 is 3.00 bits per heavy atom. The summed E-state index contributed by atoms with van der Waals surface area (Å²) in [4.78, 5) is 14.5. The van der Waals surface area contributed by atoms with Crippen LogP contribution >= 0.6 is 11.3 Å². The Hall–Kier alpha value is -2.03. The number of carboxylic acids is 1. The molecule has 2 atom stereocenters. The Morgan fingerprint density at radius 1 is 1.50 bits per heavy atom. The van der Waals surface area contributed by atoms with Crippen LogP contribution in [0.25, 0.3) is 0 Å². The first kappa shape index (κ1) is 16.8. The smallest absolute Gasteiger partial charge is 0.356 e. The van der Waals surface area contributed by atoms with Gasteiger partial charge in [-0.1, -0.05) is 6.07 Å². The maximum atomic E-state index is 10.8. The summed E-state index contributed by atoms with van der Waals surface area (Å²) in [6.45, 7) is 5.26. The Kier molecular flexibility index (Phi) is 5.39. The fourth-order valence-electron chi connectivity index (χ4n) is 2.76. The lowest BCUT2D eigenvalue weighted by Gasteiger charge is -2.37. The molecule has 1 aliphatic rings. The average Bonchev–Trinajstić information content (AvgIpc) is 3.10. The lowest BCUT2D eigenvalue weighted by molar-refractivity contribution is -0.0322. The van der Waals surface area contributed by atoms with Crippen LogP contribution < -0.4 is 5.32 Å². The number of carboxylic acid groups (broad SMARTS) is 1. The number of hydrogen-bond donors (Lipinski definition) is 2. The van der Waals surface area contributed by atoms with Crippen molar-refractivity contribution in [2.45, 2.75) is 19.1 Å². The number of nitrogens with one attached hydrogen (secondary N) is 1. The molecule has 7 nitrogen and oxygen atoms in total. The third-order valence-electron chi connectivity index (χ3n) is 3.95. The summed E-state index contributed by atoms with van der Waals surface area (Å²) < 4.78 is 5.64. The molecule has 0 aliphatic carbocycles. The van der Waals surface area contributed by atoms with E-state index in [0.29, 0.717) is 12.4 Å². The topological polar surface area (TPSA) is 87.6 Å². The van der Waals surface area contributed by atoms with Gasteiger partial charge in [0.25, 0.3) is 0 Å². The third kappa shape index (κ3) is 4.08. The number of thiophene rings is 1. The van der Waals surface area contributed by atoms with Crippen molar-refractivity contribution < 1.29 is 14.6 Å². The molecule has 2 aromatic heterocycles. The van der Waals surface area contributed by atoms with Gasteiger partial charge in [-0.3, -0.25) is 4.90 Å². The highest BCUT2D eigenvalue weighted by Gasteiger charge is 2.26. The van der Waals surface area contributed by atoms with Gasteiger partial charge in [-0.2, -0.15) is 0 Å². The van der Waals surface area contributed by atoms with Crippen molar-refractivity contribution in [3.05, 3.63) is 40.2 Å². The predicted molar refractivity (Wildman–Crippen MR) is 91.5 cm³/mol. The lowest BCUT2D eigenvalue weighted by atomic mass is 10.1. The molecule has 3 heterocycles. The second-order valence-corrected chi connectivity index (χ2v) is 6.68. The van der Waals surface area contributed by atoms with Crippen LogP contribution in [-0.2, 0) is 4.74 Å². The fourth-order valence-corrected chi connectivity index (χ4v) is 3.62. The van der Waals surface area contributed by atoms with Gasteiger partial charge >= 0.3 is 5.97 Å². The number of aromatic nitrogens is 2. The number of ether oxygens (including phenoxy) is 1. The first-order valence-corrected chi connectivity index (χ1v) is 8.71. The fraction of sp³-hybridized carbons (Fsp3) is 0.438. The van der Waals surface area contributed by atoms with Crippen LogP contribution in [-0.4, -0.2) is 58.5 Å². The van der Waals surface area contributed by atoms with Crippen LogP contribution in [0.15, 0.2) is 29.6 Å². The number of rotatable bonds is 6. The molecule has 0 spiro atoms. The molecule has 0 bridgehead atoms. The van der Waals surface area contributed by atoms with Crippen molar-refractivity contribution >= 4 is 23.1 Å². The third-order valence-corrected chi connectivity index (χ3v) is 4.92. The van der Waals surface area contributed by atoms with Crippen molar-refractivity contribution in [2.75, 3.05) is 31.6 Å². The molecule has 1 saturated heterocycles. The maximum Gasteiger partial charge on any atom is 0.356 e. The van der Waals surface area contributed by atoms with Gasteiger partial charge in [-0.05, 0) is 30.5 Å². The number of aromatic carboxylic acids is 1. The van der Waals surface area contributed by atoms with E-state index in [1.54, 1.807) is 17.4 Å². The van der Waals surface area contributed by atoms with Crippen LogP contribution in [0, 0.1) is 0 Å². The van der Waals surface area contributed by atoms with E-state index in [1.165, 1.54) is 10.9 Å². The normalized spacial score (nSPS) is 19.8. The molecule has 1 fully saturated rings. The number of hydrogen-bond acceptors (Lipinski definition) is 7. The molecule has 0 saturated carbocycles. The minimum Gasteiger partial charge on any atom is -0.476 e. The zero-order chi connectivity index (χ0) is 16.9. The van der Waals surface area contributed by atoms with E-state index >= 15 is 0 Å². The largest absolute Gasteiger partial charge is 0.476 e. The van der Waals surface area contributed by atoms with Gasteiger partial charge in [0.05, 0.1) is 18.8 Å². The van der Waals surface area contributed by atoms with Gasteiger partial charge in [0.1, 0.15) is 5.82 Å². The summed E-state index contributed by atoms with van der Waals surface area (Å²) in [6.07, 6.45) is 0.218. The van der Waals surface area contributed by atoms with E-state index < -0.39 is 5.97 Å². The SMILES string of the molecule is CC1CN(C(CNc2ccc(C(=O)O)nn2)c2cccs2)CCO1. The molecule has 2 aromatic rings. The summed E-state index contributed by atoms with van der Waals surface area (Å²) in [5.74, 6) is -0.504. The second kappa shape index (κ2) is 7.69. The van der Waals surface area contributed by atoms with Gasteiger partial charge in [0, 0.05) is 24.5 Å². The molecule has 2 unspecified atom stereocenters. The minimum atomic E-state index is -1.08. The molecule has 24 heavy (non-hydrogen) atoms. The molecule has 1 aliphatic heterocycles. The highest BCUT2D eigenvalue weighted by molar-refractivity contribution is 7.10. The predicted octanol–water partition coefficient (Wildman–Crippen LogP) is 2.11. The molecule has 0 radical (unpaired) electrons. The van der Waals surface area contributed by atoms with E-state index in [1.807, 2.05) is 0 Å². The van der Waals surface area contributed by atoms with Gasteiger partial charge in [0.15, 0.2) is 5.69 Å². The molecular weight excluding hydrogens is 328 g/mol. The monoisotopic (exact) mass is 348 g/mol. The van der Waals surface area contributed by atoms with Gasteiger partial charge in [-0.15, -0.1) is 21.5 Å². The average molecular weight is 348 g/mol. The molecule has 0 amide bonds. The van der Waals surface area contributed by atoms with Crippen molar-refractivity contribution in [3.8, 4) is 0 Å². The Morgan fingerprint density at radius 2 is 2.38 bits per heavy atom. The van der Waals surface area contributed by atoms with Crippen molar-refractivity contribution in [2.24, 2.45) is 0 Å². The van der Waals surface area contributed by atoms with Crippen LogP contribution in [0.5, 0.6) is 0 Å². The Balaban J connectivity index is 1.69. The zero-order valence-electron chi connectivity index (χ0n) is 13.4. The highest BCUT2D eigenvalue weighted by Crippen LogP contribution is 2.27. The summed E-state index contributed by atoms with van der Waals surface area (Å²) in [7, 11) is 0. The second-order valence-electron chi connectivity index (χ2n) is 5.70. The van der Waals surface area contributed by atoms with Crippen molar-refractivity contribution in [3.63, 3.8) is 0 Å². The summed E-state index contributed by atoms with van der Waals surface area (Å²) in [5.41, 5.74) is -0.0580. The standard InChI is InChI=1S/C16H20N4O3S/c1-11-10-20(6-7-23-11)13(14-3-2-8-24-14)9-17-15-5-4-12(16(21)22)18-19-15/h2-5,8,11,13H,6-7,9-10H2,1H3,(H,17,19)(H,21,22). The lowest BCUT2D eigenvalue weighted by Crippen LogP contribution is -2.44. The first-order chi connectivity index (χ1) is 11.6. The number of nitrogens with zero attached hydrogens (tertiary/aromatic N) is 3. The van der Waals surface area contributed by atoms with Crippen molar-refractivity contribution in [1.82, 2.24) is 15.1 Å². The number of carbonyl (C=O) groups is 1. The van der Waals surface area contributed by atoms with Crippen LogP contribution in [0.4, 0.5) is 5.82 Å². The van der Waals surface area contributed by atoms with Gasteiger partial charge < -0.3 is 15.2 Å². The molecule has 8 heteroatoms. The van der Waals surface area contributed by atoms with Gasteiger partial charge in [-0.25, -0.2) is 4.79 Å². The summed E-state index contributed by atoms with van der Waals surface area (Å²) in [5, 5.41) is 21.9. The van der Waals surface area contributed by atoms with Gasteiger partial charge in [0.2, 0.25) is 0 Å². The number of anilines is 1. The Labute approximate surface area is 144 Å². The quantitative estimate of drug-likeness (QED) is 0.826. The molecule has 3 rings (SSSR count).